The summed E-state index contributed by atoms with van der Waals surface area (Å²) in [4.78, 5) is 16.5. The number of ether oxygens (including phenoxy) is 1. The van der Waals surface area contributed by atoms with Gasteiger partial charge in [0.25, 0.3) is 5.91 Å². The van der Waals surface area contributed by atoms with Gasteiger partial charge in [-0.25, -0.2) is 4.39 Å². The van der Waals surface area contributed by atoms with Gasteiger partial charge in [-0.15, -0.1) is 0 Å². The maximum absolute atomic E-state index is 12.9. The smallest absolute Gasteiger partial charge is 0.255 e. The van der Waals surface area contributed by atoms with Crippen LogP contribution in [0.5, 0.6) is 5.75 Å². The van der Waals surface area contributed by atoms with E-state index in [1.807, 2.05) is 24.3 Å². The number of amides is 1. The second kappa shape index (κ2) is 8.07. The highest BCUT2D eigenvalue weighted by molar-refractivity contribution is 6.04. The van der Waals surface area contributed by atoms with E-state index >= 15 is 0 Å². The molecule has 3 aromatic rings. The fourth-order valence-corrected chi connectivity index (χ4v) is 2.27. The molecule has 26 heavy (non-hydrogen) atoms. The number of hydrogen-bond donors (Lipinski definition) is 1. The number of anilines is 1. The van der Waals surface area contributed by atoms with Crippen molar-refractivity contribution in [3.63, 3.8) is 0 Å². The van der Waals surface area contributed by atoms with Crippen LogP contribution in [0.4, 0.5) is 15.8 Å². The summed E-state index contributed by atoms with van der Waals surface area (Å²) in [6.07, 6.45) is 1.76. The van der Waals surface area contributed by atoms with Crippen molar-refractivity contribution in [1.82, 2.24) is 0 Å². The van der Waals surface area contributed by atoms with Crippen LogP contribution in [0, 0.1) is 5.82 Å². The first-order valence-electron chi connectivity index (χ1n) is 7.99. The summed E-state index contributed by atoms with van der Waals surface area (Å²) in [5, 5.41) is 2.76. The SMILES string of the molecule is COc1ccc(C=Nc2ccc(NC(=O)c3ccc(F)cc3)cc2)cc1. The molecule has 130 valence electrons. The van der Waals surface area contributed by atoms with Gasteiger partial charge in [0.2, 0.25) is 0 Å². The molecular formula is C21H17FN2O2. The van der Waals surface area contributed by atoms with E-state index in [9.17, 15) is 9.18 Å². The molecule has 0 aromatic heterocycles. The Bertz CT molecular complexity index is 902. The van der Waals surface area contributed by atoms with Gasteiger partial charge >= 0.3 is 0 Å². The average Bonchev–Trinajstić information content (AvgIpc) is 2.68. The summed E-state index contributed by atoms with van der Waals surface area (Å²) in [6.45, 7) is 0. The molecule has 0 unspecified atom stereocenters. The summed E-state index contributed by atoms with van der Waals surface area (Å²) in [6, 6.07) is 20.1. The molecule has 3 aromatic carbocycles. The molecule has 0 saturated heterocycles. The van der Waals surface area contributed by atoms with Gasteiger partial charge in [0, 0.05) is 17.5 Å². The molecule has 5 heteroatoms. The zero-order valence-corrected chi connectivity index (χ0v) is 14.1. The highest BCUT2D eigenvalue weighted by Crippen LogP contribution is 2.18. The molecule has 1 amide bonds. The summed E-state index contributed by atoms with van der Waals surface area (Å²) in [5.74, 6) is 0.128. The van der Waals surface area contributed by atoms with Crippen molar-refractivity contribution in [1.29, 1.82) is 0 Å². The first-order valence-corrected chi connectivity index (χ1v) is 7.99. The number of carbonyl (C=O) groups is 1. The van der Waals surface area contributed by atoms with E-state index in [4.69, 9.17) is 4.74 Å². The Balaban J connectivity index is 1.63. The molecule has 0 fully saturated rings. The maximum atomic E-state index is 12.9. The van der Waals surface area contributed by atoms with E-state index in [-0.39, 0.29) is 11.7 Å². The molecule has 0 atom stereocenters. The quantitative estimate of drug-likeness (QED) is 0.671. The number of benzene rings is 3. The molecule has 0 aliphatic carbocycles. The fourth-order valence-electron chi connectivity index (χ4n) is 2.27. The van der Waals surface area contributed by atoms with E-state index in [0.29, 0.717) is 11.3 Å². The Morgan fingerprint density at radius 1 is 0.962 bits per heavy atom. The van der Waals surface area contributed by atoms with Crippen LogP contribution in [-0.2, 0) is 0 Å². The van der Waals surface area contributed by atoms with Crippen molar-refractivity contribution in [2.75, 3.05) is 12.4 Å². The molecule has 4 nitrogen and oxygen atoms in total. The van der Waals surface area contributed by atoms with Crippen molar-refractivity contribution in [2.24, 2.45) is 4.99 Å². The lowest BCUT2D eigenvalue weighted by molar-refractivity contribution is 0.102. The molecule has 0 spiro atoms. The van der Waals surface area contributed by atoms with Crippen LogP contribution in [0.15, 0.2) is 77.8 Å². The van der Waals surface area contributed by atoms with Gasteiger partial charge in [-0.1, -0.05) is 0 Å². The maximum Gasteiger partial charge on any atom is 0.255 e. The second-order valence-corrected chi connectivity index (χ2v) is 5.54. The Kier molecular flexibility index (Phi) is 5.39. The Morgan fingerprint density at radius 3 is 2.23 bits per heavy atom. The summed E-state index contributed by atoms with van der Waals surface area (Å²) in [7, 11) is 1.62. The van der Waals surface area contributed by atoms with Crippen molar-refractivity contribution in [3.05, 3.63) is 89.7 Å². The number of carbonyl (C=O) groups excluding carboxylic acids is 1. The normalized spacial score (nSPS) is 10.7. The molecule has 0 aliphatic heterocycles. The van der Waals surface area contributed by atoms with Gasteiger partial charge < -0.3 is 10.1 Å². The first kappa shape index (κ1) is 17.4. The third-order valence-corrected chi connectivity index (χ3v) is 3.71. The molecule has 0 saturated carbocycles. The Hall–Kier alpha value is -3.47. The van der Waals surface area contributed by atoms with Crippen molar-refractivity contribution >= 4 is 23.5 Å². The van der Waals surface area contributed by atoms with E-state index < -0.39 is 0 Å². The number of aliphatic imine (C=N–C) groups is 1. The van der Waals surface area contributed by atoms with Gasteiger partial charge in [-0.2, -0.15) is 0 Å². The fraction of sp³-hybridized carbons (Fsp3) is 0.0476. The van der Waals surface area contributed by atoms with E-state index in [1.54, 1.807) is 37.6 Å². The molecular weight excluding hydrogens is 331 g/mol. The number of methoxy groups -OCH3 is 1. The highest BCUT2D eigenvalue weighted by atomic mass is 19.1. The van der Waals surface area contributed by atoms with Crippen LogP contribution in [-0.4, -0.2) is 19.2 Å². The highest BCUT2D eigenvalue weighted by Gasteiger charge is 2.05. The molecule has 0 heterocycles. The standard InChI is InChI=1S/C21H17FN2O2/c1-26-20-12-2-15(3-13-20)14-23-18-8-10-19(11-9-18)24-21(25)16-4-6-17(22)7-5-16/h2-14H,1H3,(H,24,25). The first-order chi connectivity index (χ1) is 12.6. The largest absolute Gasteiger partial charge is 0.497 e. The van der Waals surface area contributed by atoms with Gasteiger partial charge in [0.05, 0.1) is 12.8 Å². The lowest BCUT2D eigenvalue weighted by Gasteiger charge is -2.05. The monoisotopic (exact) mass is 348 g/mol. The van der Waals surface area contributed by atoms with Crippen LogP contribution in [0.2, 0.25) is 0 Å². The van der Waals surface area contributed by atoms with Crippen LogP contribution < -0.4 is 10.1 Å². The number of hydrogen-bond acceptors (Lipinski definition) is 3. The van der Waals surface area contributed by atoms with E-state index in [1.165, 1.54) is 24.3 Å². The van der Waals surface area contributed by atoms with Gasteiger partial charge in [0.1, 0.15) is 11.6 Å². The number of nitrogens with zero attached hydrogens (tertiary/aromatic N) is 1. The molecule has 0 radical (unpaired) electrons. The zero-order valence-electron chi connectivity index (χ0n) is 14.1. The topological polar surface area (TPSA) is 50.7 Å². The lowest BCUT2D eigenvalue weighted by Crippen LogP contribution is -2.11. The van der Waals surface area contributed by atoms with E-state index in [0.717, 1.165) is 17.0 Å². The van der Waals surface area contributed by atoms with Gasteiger partial charge in [-0.05, 0) is 78.4 Å². The van der Waals surface area contributed by atoms with Gasteiger partial charge in [0.15, 0.2) is 0 Å². The van der Waals surface area contributed by atoms with Crippen LogP contribution in [0.3, 0.4) is 0 Å². The molecule has 3 rings (SSSR count). The van der Waals surface area contributed by atoms with E-state index in [2.05, 4.69) is 10.3 Å². The van der Waals surface area contributed by atoms with Crippen molar-refractivity contribution < 1.29 is 13.9 Å². The second-order valence-electron chi connectivity index (χ2n) is 5.54. The van der Waals surface area contributed by atoms with Crippen molar-refractivity contribution in [2.45, 2.75) is 0 Å². The summed E-state index contributed by atoms with van der Waals surface area (Å²) in [5.41, 5.74) is 2.76. The summed E-state index contributed by atoms with van der Waals surface area (Å²) >= 11 is 0. The minimum atomic E-state index is -0.374. The molecule has 0 bridgehead atoms. The average molecular weight is 348 g/mol. The molecule has 0 aliphatic rings. The Morgan fingerprint density at radius 2 is 1.62 bits per heavy atom. The Labute approximate surface area is 151 Å². The predicted octanol–water partition coefficient (Wildman–Crippen LogP) is 4.84. The zero-order chi connectivity index (χ0) is 18.4. The van der Waals surface area contributed by atoms with Crippen LogP contribution in [0.1, 0.15) is 15.9 Å². The van der Waals surface area contributed by atoms with Gasteiger partial charge in [-0.3, -0.25) is 9.79 Å². The minimum absolute atomic E-state index is 0.292. The number of nitrogens with one attached hydrogen (secondary N) is 1. The minimum Gasteiger partial charge on any atom is -0.497 e. The summed E-state index contributed by atoms with van der Waals surface area (Å²) < 4.78 is 18.0. The number of rotatable bonds is 5. The molecule has 1 N–H and O–H groups in total. The van der Waals surface area contributed by atoms with Crippen molar-refractivity contribution in [3.8, 4) is 5.75 Å². The van der Waals surface area contributed by atoms with Crippen LogP contribution >= 0.6 is 0 Å². The third kappa shape index (κ3) is 4.54. The number of halogens is 1. The third-order valence-electron chi connectivity index (χ3n) is 3.71. The predicted molar refractivity (Wildman–Crippen MR) is 101 cm³/mol. The lowest BCUT2D eigenvalue weighted by atomic mass is 10.2. The van der Waals surface area contributed by atoms with Crippen LogP contribution in [0.25, 0.3) is 0 Å².